The number of anilines is 1. The van der Waals surface area contributed by atoms with Crippen LogP contribution in [0.25, 0.3) is 0 Å². The van der Waals surface area contributed by atoms with E-state index in [9.17, 15) is 4.79 Å². The first-order valence-corrected chi connectivity index (χ1v) is 6.58. The minimum Gasteiger partial charge on any atom is -0.363 e. The van der Waals surface area contributed by atoms with E-state index in [4.69, 9.17) is 5.73 Å². The van der Waals surface area contributed by atoms with Crippen molar-refractivity contribution in [3.63, 3.8) is 0 Å². The Balaban J connectivity index is 2.08. The van der Waals surface area contributed by atoms with Crippen LogP contribution in [-0.4, -0.2) is 49.5 Å². The van der Waals surface area contributed by atoms with Crippen LogP contribution in [0, 0.1) is 5.41 Å². The number of carbonyl (C=O) groups is 1. The number of amides is 1. The standard InChI is InChI=1S/C14H22N4O/c1-14(9-15)6-7-18(10-14)13(19)11-4-5-12(16-8-11)17(2)3/h4-5,8H,6-7,9-10,15H2,1-3H3. The van der Waals surface area contributed by atoms with Gasteiger partial charge in [0, 0.05) is 33.4 Å². The molecule has 1 fully saturated rings. The fourth-order valence-electron chi connectivity index (χ4n) is 2.32. The first-order chi connectivity index (χ1) is 8.95. The summed E-state index contributed by atoms with van der Waals surface area (Å²) in [5.74, 6) is 0.903. The van der Waals surface area contributed by atoms with Crippen molar-refractivity contribution in [1.29, 1.82) is 0 Å². The average Bonchev–Trinajstić information content (AvgIpc) is 2.81. The van der Waals surface area contributed by atoms with Crippen LogP contribution in [0.5, 0.6) is 0 Å². The predicted octanol–water partition coefficient (Wildman–Crippen LogP) is 0.958. The van der Waals surface area contributed by atoms with Gasteiger partial charge in [-0.3, -0.25) is 4.79 Å². The van der Waals surface area contributed by atoms with Gasteiger partial charge in [0.05, 0.1) is 5.56 Å². The van der Waals surface area contributed by atoms with Crippen LogP contribution in [0.1, 0.15) is 23.7 Å². The molecule has 19 heavy (non-hydrogen) atoms. The molecule has 2 heterocycles. The first kappa shape index (κ1) is 13.8. The van der Waals surface area contributed by atoms with Crippen LogP contribution in [0.2, 0.25) is 0 Å². The van der Waals surface area contributed by atoms with Crippen LogP contribution in [0.3, 0.4) is 0 Å². The van der Waals surface area contributed by atoms with Crippen molar-refractivity contribution in [2.75, 3.05) is 38.6 Å². The molecule has 2 N–H and O–H groups in total. The Bertz CT molecular complexity index is 457. The molecule has 0 aliphatic carbocycles. The second-order valence-corrected chi connectivity index (χ2v) is 5.79. The molecular formula is C14H22N4O. The minimum absolute atomic E-state index is 0.0509. The van der Waals surface area contributed by atoms with Gasteiger partial charge in [0.2, 0.25) is 0 Å². The van der Waals surface area contributed by atoms with E-state index in [2.05, 4.69) is 11.9 Å². The smallest absolute Gasteiger partial charge is 0.255 e. The Hall–Kier alpha value is -1.62. The number of carbonyl (C=O) groups excluding carboxylic acids is 1. The molecule has 0 aromatic carbocycles. The lowest BCUT2D eigenvalue weighted by atomic mass is 9.90. The SMILES string of the molecule is CN(C)c1ccc(C(=O)N2CCC(C)(CN)C2)cn1. The van der Waals surface area contributed by atoms with Crippen molar-refractivity contribution in [2.45, 2.75) is 13.3 Å². The maximum absolute atomic E-state index is 12.4. The van der Waals surface area contributed by atoms with E-state index >= 15 is 0 Å². The van der Waals surface area contributed by atoms with E-state index in [0.29, 0.717) is 12.1 Å². The quantitative estimate of drug-likeness (QED) is 0.881. The van der Waals surface area contributed by atoms with E-state index < -0.39 is 0 Å². The normalized spacial score (nSPS) is 22.6. The Morgan fingerprint density at radius 2 is 2.26 bits per heavy atom. The number of aromatic nitrogens is 1. The summed E-state index contributed by atoms with van der Waals surface area (Å²) in [5, 5.41) is 0. The van der Waals surface area contributed by atoms with Gasteiger partial charge in [0.1, 0.15) is 5.82 Å². The van der Waals surface area contributed by atoms with Crippen molar-refractivity contribution in [3.8, 4) is 0 Å². The summed E-state index contributed by atoms with van der Waals surface area (Å²) in [6.07, 6.45) is 2.62. The molecule has 1 aliphatic heterocycles. The third-order valence-electron chi connectivity index (χ3n) is 3.79. The highest BCUT2D eigenvalue weighted by Gasteiger charge is 2.35. The fraction of sp³-hybridized carbons (Fsp3) is 0.571. The van der Waals surface area contributed by atoms with Gasteiger partial charge in [0.15, 0.2) is 0 Å². The highest BCUT2D eigenvalue weighted by atomic mass is 16.2. The number of pyridine rings is 1. The van der Waals surface area contributed by atoms with Crippen molar-refractivity contribution >= 4 is 11.7 Å². The summed E-state index contributed by atoms with van der Waals surface area (Å²) in [5.41, 5.74) is 6.47. The average molecular weight is 262 g/mol. The number of hydrogen-bond acceptors (Lipinski definition) is 4. The first-order valence-electron chi connectivity index (χ1n) is 6.58. The second-order valence-electron chi connectivity index (χ2n) is 5.79. The van der Waals surface area contributed by atoms with E-state index in [0.717, 1.165) is 25.3 Å². The van der Waals surface area contributed by atoms with Crippen LogP contribution in [-0.2, 0) is 0 Å². The molecular weight excluding hydrogens is 240 g/mol. The molecule has 5 nitrogen and oxygen atoms in total. The van der Waals surface area contributed by atoms with Gasteiger partial charge < -0.3 is 15.5 Å². The zero-order valence-corrected chi connectivity index (χ0v) is 11.9. The zero-order valence-electron chi connectivity index (χ0n) is 11.9. The highest BCUT2D eigenvalue weighted by molar-refractivity contribution is 5.94. The molecule has 0 spiro atoms. The molecule has 1 unspecified atom stereocenters. The number of nitrogens with two attached hydrogens (primary N) is 1. The summed E-state index contributed by atoms with van der Waals surface area (Å²) in [7, 11) is 3.86. The Morgan fingerprint density at radius 3 is 2.74 bits per heavy atom. The molecule has 0 saturated carbocycles. The maximum atomic E-state index is 12.4. The molecule has 1 aromatic heterocycles. The van der Waals surface area contributed by atoms with Crippen molar-refractivity contribution in [2.24, 2.45) is 11.1 Å². The van der Waals surface area contributed by atoms with E-state index in [1.165, 1.54) is 0 Å². The number of likely N-dealkylation sites (tertiary alicyclic amines) is 1. The molecule has 0 bridgehead atoms. The maximum Gasteiger partial charge on any atom is 0.255 e. The van der Waals surface area contributed by atoms with E-state index in [1.807, 2.05) is 36.0 Å². The molecule has 2 rings (SSSR count). The van der Waals surface area contributed by atoms with Gasteiger partial charge in [-0.1, -0.05) is 6.92 Å². The molecule has 1 aromatic rings. The molecule has 1 saturated heterocycles. The summed E-state index contributed by atoms with van der Waals surface area (Å²) in [4.78, 5) is 20.4. The second kappa shape index (κ2) is 5.17. The van der Waals surface area contributed by atoms with Gasteiger partial charge >= 0.3 is 0 Å². The zero-order chi connectivity index (χ0) is 14.0. The predicted molar refractivity (Wildman–Crippen MR) is 76.2 cm³/mol. The van der Waals surface area contributed by atoms with Crippen LogP contribution in [0.15, 0.2) is 18.3 Å². The third-order valence-corrected chi connectivity index (χ3v) is 3.79. The van der Waals surface area contributed by atoms with Crippen LogP contribution < -0.4 is 10.6 Å². The van der Waals surface area contributed by atoms with Crippen LogP contribution >= 0.6 is 0 Å². The molecule has 1 aliphatic rings. The molecule has 104 valence electrons. The number of nitrogens with zero attached hydrogens (tertiary/aromatic N) is 3. The van der Waals surface area contributed by atoms with Gasteiger partial charge in [0.25, 0.3) is 5.91 Å². The van der Waals surface area contributed by atoms with Crippen molar-refractivity contribution in [3.05, 3.63) is 23.9 Å². The van der Waals surface area contributed by atoms with Gasteiger partial charge in [-0.15, -0.1) is 0 Å². The minimum atomic E-state index is 0.0509. The number of rotatable bonds is 3. The highest BCUT2D eigenvalue weighted by Crippen LogP contribution is 2.29. The van der Waals surface area contributed by atoms with Gasteiger partial charge in [-0.25, -0.2) is 4.98 Å². The Kier molecular flexibility index (Phi) is 3.75. The summed E-state index contributed by atoms with van der Waals surface area (Å²) in [6, 6.07) is 3.70. The Labute approximate surface area is 114 Å². The molecule has 1 atom stereocenters. The largest absolute Gasteiger partial charge is 0.363 e. The van der Waals surface area contributed by atoms with Gasteiger partial charge in [-0.2, -0.15) is 0 Å². The summed E-state index contributed by atoms with van der Waals surface area (Å²) < 4.78 is 0. The lowest BCUT2D eigenvalue weighted by Crippen LogP contribution is -2.34. The van der Waals surface area contributed by atoms with E-state index in [-0.39, 0.29) is 11.3 Å². The molecule has 0 radical (unpaired) electrons. The lowest BCUT2D eigenvalue weighted by molar-refractivity contribution is 0.0776. The number of hydrogen-bond donors (Lipinski definition) is 1. The van der Waals surface area contributed by atoms with Crippen molar-refractivity contribution in [1.82, 2.24) is 9.88 Å². The summed E-state index contributed by atoms with van der Waals surface area (Å²) in [6.45, 7) is 4.27. The lowest BCUT2D eigenvalue weighted by Gasteiger charge is -2.22. The Morgan fingerprint density at radius 1 is 1.53 bits per heavy atom. The molecule has 1 amide bonds. The third kappa shape index (κ3) is 2.87. The van der Waals surface area contributed by atoms with E-state index in [1.54, 1.807) is 6.20 Å². The van der Waals surface area contributed by atoms with Gasteiger partial charge in [-0.05, 0) is 30.5 Å². The topological polar surface area (TPSA) is 62.5 Å². The summed E-state index contributed by atoms with van der Waals surface area (Å²) >= 11 is 0. The monoisotopic (exact) mass is 262 g/mol. The van der Waals surface area contributed by atoms with Crippen molar-refractivity contribution < 1.29 is 4.79 Å². The molecule has 5 heteroatoms. The van der Waals surface area contributed by atoms with Crippen LogP contribution in [0.4, 0.5) is 5.82 Å². The fourth-order valence-corrected chi connectivity index (χ4v) is 2.32.